The maximum absolute atomic E-state index is 11.5. The molecule has 3 rings (SSSR count). The van der Waals surface area contributed by atoms with Gasteiger partial charge in [-0.2, -0.15) is 11.8 Å². The van der Waals surface area contributed by atoms with Gasteiger partial charge >= 0.3 is 5.97 Å². The summed E-state index contributed by atoms with van der Waals surface area (Å²) in [5.41, 5.74) is 1.95. The number of hydrogen-bond donors (Lipinski definition) is 1. The Kier molecular flexibility index (Phi) is 3.69. The Labute approximate surface area is 128 Å². The lowest BCUT2D eigenvalue weighted by molar-refractivity contribution is 0.0698. The number of aromatic carboxylic acids is 1. The van der Waals surface area contributed by atoms with Crippen LogP contribution in [0.2, 0.25) is 0 Å². The summed E-state index contributed by atoms with van der Waals surface area (Å²) < 4.78 is 2.44. The van der Waals surface area contributed by atoms with Gasteiger partial charge in [0.15, 0.2) is 0 Å². The highest BCUT2D eigenvalue weighted by molar-refractivity contribution is 8.00. The van der Waals surface area contributed by atoms with Crippen molar-refractivity contribution in [2.24, 2.45) is 0 Å². The first-order valence-electron chi connectivity index (χ1n) is 7.37. The van der Waals surface area contributed by atoms with Crippen LogP contribution in [-0.4, -0.2) is 31.6 Å². The van der Waals surface area contributed by atoms with Crippen LogP contribution < -0.4 is 0 Å². The number of nitrogens with zero attached hydrogens (tertiary/aromatic N) is 2. The maximum Gasteiger partial charge on any atom is 0.337 e. The second-order valence-corrected chi connectivity index (χ2v) is 7.00. The third kappa shape index (κ3) is 2.55. The van der Waals surface area contributed by atoms with E-state index < -0.39 is 5.97 Å². The van der Waals surface area contributed by atoms with E-state index in [9.17, 15) is 9.90 Å². The predicted octanol–water partition coefficient (Wildman–Crippen LogP) is 3.58. The highest BCUT2D eigenvalue weighted by Gasteiger charge is 2.43. The molecule has 1 aliphatic rings. The number of imidazole rings is 1. The third-order valence-corrected chi connectivity index (χ3v) is 5.64. The summed E-state index contributed by atoms with van der Waals surface area (Å²) in [6, 6.07) is 5.37. The second kappa shape index (κ2) is 5.37. The van der Waals surface area contributed by atoms with Gasteiger partial charge in [-0.05, 0) is 37.7 Å². The van der Waals surface area contributed by atoms with E-state index >= 15 is 0 Å². The van der Waals surface area contributed by atoms with E-state index in [0.29, 0.717) is 5.56 Å². The fourth-order valence-electron chi connectivity index (χ4n) is 2.85. The minimum Gasteiger partial charge on any atom is -0.478 e. The molecule has 1 saturated carbocycles. The Hall–Kier alpha value is -1.49. The monoisotopic (exact) mass is 304 g/mol. The molecule has 0 unspecified atom stereocenters. The second-order valence-electron chi connectivity index (χ2n) is 5.73. The first kappa shape index (κ1) is 14.4. The van der Waals surface area contributed by atoms with Gasteiger partial charge in [0.25, 0.3) is 0 Å². The number of para-hydroxylation sites is 1. The average Bonchev–Trinajstić information content (AvgIpc) is 3.17. The van der Waals surface area contributed by atoms with Gasteiger partial charge in [-0.1, -0.05) is 13.0 Å². The summed E-state index contributed by atoms with van der Waals surface area (Å²) in [7, 11) is 0. The van der Waals surface area contributed by atoms with E-state index in [4.69, 9.17) is 0 Å². The predicted molar refractivity (Wildman–Crippen MR) is 86.2 cm³/mol. The van der Waals surface area contributed by atoms with Crippen LogP contribution in [0.3, 0.4) is 0 Å². The maximum atomic E-state index is 11.5. The number of carboxylic acids is 1. The van der Waals surface area contributed by atoms with E-state index in [0.717, 1.165) is 36.2 Å². The molecule has 0 radical (unpaired) electrons. The molecule has 5 heteroatoms. The number of aryl methyl sites for hydroxylation is 1. The first-order chi connectivity index (χ1) is 10.1. The van der Waals surface area contributed by atoms with Gasteiger partial charge in [-0.3, -0.25) is 0 Å². The smallest absolute Gasteiger partial charge is 0.337 e. The lowest BCUT2D eigenvalue weighted by atomic mass is 10.2. The highest BCUT2D eigenvalue weighted by atomic mass is 32.2. The van der Waals surface area contributed by atoms with Gasteiger partial charge in [0, 0.05) is 17.7 Å². The molecule has 1 N–H and O–H groups in total. The average molecular weight is 304 g/mol. The van der Waals surface area contributed by atoms with Crippen molar-refractivity contribution in [2.45, 2.75) is 43.9 Å². The SMILES string of the molecule is CCCc1nc2cccc(C(=O)O)c2n1CC1(SC)CC1. The molecule has 1 aromatic carbocycles. The van der Waals surface area contributed by atoms with Crippen LogP contribution in [0.4, 0.5) is 0 Å². The first-order valence-corrected chi connectivity index (χ1v) is 8.59. The number of aromatic nitrogens is 2. The van der Waals surface area contributed by atoms with Crippen molar-refractivity contribution in [3.05, 3.63) is 29.6 Å². The Morgan fingerprint density at radius 3 is 2.81 bits per heavy atom. The summed E-state index contributed by atoms with van der Waals surface area (Å²) in [6.45, 7) is 2.99. The number of benzene rings is 1. The number of thioether (sulfide) groups is 1. The summed E-state index contributed by atoms with van der Waals surface area (Å²) in [6.07, 6.45) is 6.45. The molecule has 0 spiro atoms. The molecule has 1 aliphatic carbocycles. The van der Waals surface area contributed by atoms with Crippen molar-refractivity contribution in [3.8, 4) is 0 Å². The lowest BCUT2D eigenvalue weighted by Gasteiger charge is -2.16. The van der Waals surface area contributed by atoms with Crippen LogP contribution >= 0.6 is 11.8 Å². The van der Waals surface area contributed by atoms with E-state index in [1.54, 1.807) is 12.1 Å². The van der Waals surface area contributed by atoms with Crippen LogP contribution in [0.15, 0.2) is 18.2 Å². The van der Waals surface area contributed by atoms with Crippen molar-refractivity contribution in [3.63, 3.8) is 0 Å². The van der Waals surface area contributed by atoms with E-state index in [2.05, 4.69) is 22.7 Å². The summed E-state index contributed by atoms with van der Waals surface area (Å²) >= 11 is 1.89. The van der Waals surface area contributed by atoms with E-state index in [1.807, 2.05) is 17.8 Å². The number of carbonyl (C=O) groups is 1. The van der Waals surface area contributed by atoms with E-state index in [-0.39, 0.29) is 4.75 Å². The quantitative estimate of drug-likeness (QED) is 0.886. The van der Waals surface area contributed by atoms with Crippen LogP contribution in [0.25, 0.3) is 11.0 Å². The summed E-state index contributed by atoms with van der Waals surface area (Å²) in [4.78, 5) is 16.2. The molecule has 1 aromatic heterocycles. The van der Waals surface area contributed by atoms with Gasteiger partial charge in [0.05, 0.1) is 16.6 Å². The fraction of sp³-hybridized carbons (Fsp3) is 0.500. The summed E-state index contributed by atoms with van der Waals surface area (Å²) in [5, 5.41) is 9.47. The number of fused-ring (bicyclic) bond motifs is 1. The number of carboxylic acid groups (broad SMARTS) is 1. The molecule has 112 valence electrons. The molecule has 21 heavy (non-hydrogen) atoms. The highest BCUT2D eigenvalue weighted by Crippen LogP contribution is 2.49. The molecule has 0 aliphatic heterocycles. The van der Waals surface area contributed by atoms with Crippen molar-refractivity contribution in [2.75, 3.05) is 6.26 Å². The Balaban J connectivity index is 2.17. The zero-order valence-corrected chi connectivity index (χ0v) is 13.2. The van der Waals surface area contributed by atoms with Crippen LogP contribution in [0, 0.1) is 0 Å². The fourth-order valence-corrected chi connectivity index (χ4v) is 3.61. The van der Waals surface area contributed by atoms with Crippen molar-refractivity contribution >= 4 is 28.8 Å². The van der Waals surface area contributed by atoms with Crippen LogP contribution in [0.5, 0.6) is 0 Å². The third-order valence-electron chi connectivity index (χ3n) is 4.24. The Morgan fingerprint density at radius 2 is 2.24 bits per heavy atom. The van der Waals surface area contributed by atoms with Gasteiger partial charge in [-0.15, -0.1) is 0 Å². The number of rotatable bonds is 6. The standard InChI is InChI=1S/C16H20N2O2S/c1-3-5-13-17-12-7-4-6-11(15(19)20)14(12)18(13)10-16(21-2)8-9-16/h4,6-7H,3,5,8-10H2,1-2H3,(H,19,20). The zero-order valence-electron chi connectivity index (χ0n) is 12.4. The molecule has 1 fully saturated rings. The van der Waals surface area contributed by atoms with Gasteiger partial charge in [-0.25, -0.2) is 9.78 Å². The van der Waals surface area contributed by atoms with Crippen molar-refractivity contribution in [1.29, 1.82) is 0 Å². The molecule has 0 saturated heterocycles. The molecule has 0 bridgehead atoms. The minimum absolute atomic E-state index is 0.280. The molecule has 0 amide bonds. The van der Waals surface area contributed by atoms with Crippen molar-refractivity contribution in [1.82, 2.24) is 9.55 Å². The van der Waals surface area contributed by atoms with Gasteiger partial charge in [0.1, 0.15) is 5.82 Å². The molecule has 2 aromatic rings. The molecule has 1 heterocycles. The van der Waals surface area contributed by atoms with Gasteiger partial charge in [0.2, 0.25) is 0 Å². The summed E-state index contributed by atoms with van der Waals surface area (Å²) in [5.74, 6) is 0.139. The topological polar surface area (TPSA) is 55.1 Å². The van der Waals surface area contributed by atoms with Crippen LogP contribution in [0.1, 0.15) is 42.4 Å². The molecular formula is C16H20N2O2S. The molecule has 4 nitrogen and oxygen atoms in total. The van der Waals surface area contributed by atoms with Gasteiger partial charge < -0.3 is 9.67 Å². The normalized spacial score (nSPS) is 16.3. The van der Waals surface area contributed by atoms with Crippen LogP contribution in [-0.2, 0) is 13.0 Å². The zero-order chi connectivity index (χ0) is 15.0. The largest absolute Gasteiger partial charge is 0.478 e. The minimum atomic E-state index is -0.876. The van der Waals surface area contributed by atoms with Crippen molar-refractivity contribution < 1.29 is 9.90 Å². The van der Waals surface area contributed by atoms with E-state index in [1.165, 1.54) is 12.8 Å². The Bertz CT molecular complexity index is 689. The Morgan fingerprint density at radius 1 is 1.48 bits per heavy atom. The molecular weight excluding hydrogens is 284 g/mol. The lowest BCUT2D eigenvalue weighted by Crippen LogP contribution is -2.17. The molecule has 0 atom stereocenters. The number of hydrogen-bond acceptors (Lipinski definition) is 3.